The molecule has 1 aromatic rings. The summed E-state index contributed by atoms with van der Waals surface area (Å²) in [5.41, 5.74) is 7.04. The van der Waals surface area contributed by atoms with Crippen LogP contribution < -0.4 is 11.1 Å². The SMILES string of the molecule is NC(=O)c1cccc(CNC2CC3CCC2C3)c1. The molecule has 18 heavy (non-hydrogen) atoms. The number of hydrogen-bond donors (Lipinski definition) is 2. The second-order valence-corrected chi connectivity index (χ2v) is 5.73. The van der Waals surface area contributed by atoms with E-state index in [9.17, 15) is 4.79 Å². The molecule has 3 heteroatoms. The Balaban J connectivity index is 1.60. The number of carbonyl (C=O) groups excluding carboxylic acids is 1. The Morgan fingerprint density at radius 1 is 1.33 bits per heavy atom. The molecule has 3 rings (SSSR count). The van der Waals surface area contributed by atoms with E-state index in [1.165, 1.54) is 25.7 Å². The number of nitrogens with two attached hydrogens (primary N) is 1. The van der Waals surface area contributed by atoms with Gasteiger partial charge in [-0.05, 0) is 48.8 Å². The first kappa shape index (κ1) is 11.7. The molecule has 0 saturated heterocycles. The van der Waals surface area contributed by atoms with E-state index in [2.05, 4.69) is 5.32 Å². The van der Waals surface area contributed by atoms with Crippen molar-refractivity contribution in [2.24, 2.45) is 17.6 Å². The van der Waals surface area contributed by atoms with E-state index in [1.807, 2.05) is 18.2 Å². The normalized spacial score (nSPS) is 29.7. The predicted molar refractivity (Wildman–Crippen MR) is 71.0 cm³/mol. The minimum atomic E-state index is -0.350. The van der Waals surface area contributed by atoms with E-state index in [1.54, 1.807) is 6.07 Å². The fourth-order valence-electron chi connectivity index (χ4n) is 3.58. The molecule has 96 valence electrons. The summed E-state index contributed by atoms with van der Waals surface area (Å²) in [6.07, 6.45) is 5.57. The molecule has 0 heterocycles. The third-order valence-electron chi connectivity index (χ3n) is 4.52. The van der Waals surface area contributed by atoms with Gasteiger partial charge in [-0.3, -0.25) is 4.79 Å². The van der Waals surface area contributed by atoms with Crippen molar-refractivity contribution in [1.82, 2.24) is 5.32 Å². The van der Waals surface area contributed by atoms with Gasteiger partial charge in [0.2, 0.25) is 5.91 Å². The standard InChI is InChI=1S/C15H20N2O/c16-15(18)13-3-1-2-11(7-13)9-17-14-8-10-4-5-12(14)6-10/h1-3,7,10,12,14,17H,4-6,8-9H2,(H2,16,18). The van der Waals surface area contributed by atoms with Crippen molar-refractivity contribution in [1.29, 1.82) is 0 Å². The Kier molecular flexibility index (Phi) is 3.08. The lowest BCUT2D eigenvalue weighted by atomic mass is 9.95. The summed E-state index contributed by atoms with van der Waals surface area (Å²) in [6, 6.07) is 8.29. The van der Waals surface area contributed by atoms with Crippen LogP contribution >= 0.6 is 0 Å². The molecule has 2 aliphatic rings. The van der Waals surface area contributed by atoms with Crippen LogP contribution in [0.3, 0.4) is 0 Å². The quantitative estimate of drug-likeness (QED) is 0.852. The minimum Gasteiger partial charge on any atom is -0.366 e. The number of hydrogen-bond acceptors (Lipinski definition) is 2. The maximum absolute atomic E-state index is 11.1. The summed E-state index contributed by atoms with van der Waals surface area (Å²) < 4.78 is 0. The first-order valence-electron chi connectivity index (χ1n) is 6.84. The van der Waals surface area contributed by atoms with Gasteiger partial charge < -0.3 is 11.1 Å². The van der Waals surface area contributed by atoms with Crippen molar-refractivity contribution in [2.75, 3.05) is 0 Å². The third-order valence-corrected chi connectivity index (χ3v) is 4.52. The van der Waals surface area contributed by atoms with Crippen molar-refractivity contribution in [2.45, 2.75) is 38.3 Å². The van der Waals surface area contributed by atoms with Gasteiger partial charge in [-0.2, -0.15) is 0 Å². The number of carbonyl (C=O) groups is 1. The van der Waals surface area contributed by atoms with Crippen LogP contribution in [0.5, 0.6) is 0 Å². The van der Waals surface area contributed by atoms with Crippen LogP contribution in [0.4, 0.5) is 0 Å². The second-order valence-electron chi connectivity index (χ2n) is 5.73. The zero-order chi connectivity index (χ0) is 12.5. The van der Waals surface area contributed by atoms with E-state index in [0.717, 1.165) is 23.9 Å². The number of fused-ring (bicyclic) bond motifs is 2. The molecule has 3 atom stereocenters. The lowest BCUT2D eigenvalue weighted by molar-refractivity contribution is 0.1000. The molecule has 0 aliphatic heterocycles. The van der Waals surface area contributed by atoms with E-state index in [-0.39, 0.29) is 5.91 Å². The summed E-state index contributed by atoms with van der Waals surface area (Å²) in [7, 11) is 0. The van der Waals surface area contributed by atoms with Crippen LogP contribution in [-0.2, 0) is 6.54 Å². The molecular weight excluding hydrogens is 224 g/mol. The van der Waals surface area contributed by atoms with Crippen molar-refractivity contribution in [3.63, 3.8) is 0 Å². The van der Waals surface area contributed by atoms with Crippen LogP contribution in [-0.4, -0.2) is 11.9 Å². The van der Waals surface area contributed by atoms with E-state index < -0.39 is 0 Å². The third kappa shape index (κ3) is 2.27. The summed E-state index contributed by atoms with van der Waals surface area (Å²) >= 11 is 0. The average Bonchev–Trinajstić information content (AvgIpc) is 2.99. The van der Waals surface area contributed by atoms with E-state index in [4.69, 9.17) is 5.73 Å². The maximum Gasteiger partial charge on any atom is 0.248 e. The largest absolute Gasteiger partial charge is 0.366 e. The van der Waals surface area contributed by atoms with Crippen LogP contribution in [0.15, 0.2) is 24.3 Å². The van der Waals surface area contributed by atoms with Crippen LogP contribution in [0.2, 0.25) is 0 Å². The van der Waals surface area contributed by atoms with Gasteiger partial charge >= 0.3 is 0 Å². The lowest BCUT2D eigenvalue weighted by Gasteiger charge is -2.23. The van der Waals surface area contributed by atoms with Gasteiger partial charge in [-0.25, -0.2) is 0 Å². The molecule has 3 nitrogen and oxygen atoms in total. The fraction of sp³-hybridized carbons (Fsp3) is 0.533. The predicted octanol–water partition coefficient (Wildman–Crippen LogP) is 2.06. The molecule has 3 unspecified atom stereocenters. The summed E-state index contributed by atoms with van der Waals surface area (Å²) in [5.74, 6) is 1.50. The Morgan fingerprint density at radius 3 is 2.89 bits per heavy atom. The minimum absolute atomic E-state index is 0.350. The second kappa shape index (κ2) is 4.73. The van der Waals surface area contributed by atoms with Gasteiger partial charge in [-0.1, -0.05) is 18.6 Å². The fourth-order valence-corrected chi connectivity index (χ4v) is 3.58. The van der Waals surface area contributed by atoms with Crippen molar-refractivity contribution >= 4 is 5.91 Å². The molecule has 2 aliphatic carbocycles. The average molecular weight is 244 g/mol. The Hall–Kier alpha value is -1.35. The summed E-state index contributed by atoms with van der Waals surface area (Å²) in [6.45, 7) is 0.842. The molecule has 0 spiro atoms. The highest BCUT2D eigenvalue weighted by Crippen LogP contribution is 2.44. The monoisotopic (exact) mass is 244 g/mol. The molecule has 2 bridgehead atoms. The summed E-state index contributed by atoms with van der Waals surface area (Å²) in [4.78, 5) is 11.1. The molecule has 0 aromatic heterocycles. The van der Waals surface area contributed by atoms with Gasteiger partial charge in [0.1, 0.15) is 0 Å². The molecule has 3 N–H and O–H groups in total. The van der Waals surface area contributed by atoms with Crippen LogP contribution in [0, 0.1) is 11.8 Å². The smallest absolute Gasteiger partial charge is 0.248 e. The van der Waals surface area contributed by atoms with Gasteiger partial charge in [0.25, 0.3) is 0 Å². The highest BCUT2D eigenvalue weighted by atomic mass is 16.1. The maximum atomic E-state index is 11.1. The molecule has 2 fully saturated rings. The molecule has 2 saturated carbocycles. The number of benzene rings is 1. The Morgan fingerprint density at radius 2 is 2.22 bits per heavy atom. The van der Waals surface area contributed by atoms with Gasteiger partial charge in [0, 0.05) is 18.2 Å². The highest BCUT2D eigenvalue weighted by molar-refractivity contribution is 5.92. The van der Waals surface area contributed by atoms with Crippen molar-refractivity contribution < 1.29 is 4.79 Å². The van der Waals surface area contributed by atoms with Crippen molar-refractivity contribution in [3.05, 3.63) is 35.4 Å². The van der Waals surface area contributed by atoms with E-state index >= 15 is 0 Å². The summed E-state index contributed by atoms with van der Waals surface area (Å²) in [5, 5.41) is 3.64. The first-order chi connectivity index (χ1) is 8.72. The van der Waals surface area contributed by atoms with Gasteiger partial charge in [-0.15, -0.1) is 0 Å². The zero-order valence-electron chi connectivity index (χ0n) is 10.6. The van der Waals surface area contributed by atoms with Gasteiger partial charge in [0.15, 0.2) is 0 Å². The molecule has 1 aromatic carbocycles. The van der Waals surface area contributed by atoms with Crippen LogP contribution in [0.1, 0.15) is 41.6 Å². The van der Waals surface area contributed by atoms with Crippen LogP contribution in [0.25, 0.3) is 0 Å². The molecule has 1 amide bonds. The number of amides is 1. The highest BCUT2D eigenvalue weighted by Gasteiger charge is 2.38. The van der Waals surface area contributed by atoms with Gasteiger partial charge in [0.05, 0.1) is 0 Å². The number of primary amides is 1. The molecule has 0 radical (unpaired) electrons. The lowest BCUT2D eigenvalue weighted by Crippen LogP contribution is -2.33. The topological polar surface area (TPSA) is 55.1 Å². The Labute approximate surface area is 108 Å². The molecular formula is C15H20N2O. The van der Waals surface area contributed by atoms with E-state index in [0.29, 0.717) is 11.6 Å². The Bertz CT molecular complexity index is 458. The number of nitrogens with one attached hydrogen (secondary N) is 1. The first-order valence-corrected chi connectivity index (χ1v) is 6.84. The number of rotatable bonds is 4. The van der Waals surface area contributed by atoms with Crippen molar-refractivity contribution in [3.8, 4) is 0 Å². The zero-order valence-corrected chi connectivity index (χ0v) is 10.6.